The Morgan fingerprint density at radius 1 is 1.00 bits per heavy atom. The third-order valence-electron chi connectivity index (χ3n) is 5.89. The maximum atomic E-state index is 12.8. The lowest BCUT2D eigenvalue weighted by Gasteiger charge is -2.22. The highest BCUT2D eigenvalue weighted by Gasteiger charge is 2.49. The smallest absolute Gasteiger partial charge is 0.313 e. The van der Waals surface area contributed by atoms with Gasteiger partial charge in [-0.3, -0.25) is 9.69 Å². The number of amides is 3. The molecule has 0 saturated carbocycles. The van der Waals surface area contributed by atoms with Gasteiger partial charge in [-0.1, -0.05) is 45.0 Å². The molecule has 0 bridgehead atoms. The van der Waals surface area contributed by atoms with Crippen molar-refractivity contribution in [2.24, 2.45) is 0 Å². The van der Waals surface area contributed by atoms with E-state index in [1.807, 2.05) is 30.3 Å². The lowest BCUT2D eigenvalue weighted by Crippen LogP contribution is -2.41. The van der Waals surface area contributed by atoms with E-state index in [-0.39, 0.29) is 23.9 Å². The maximum Gasteiger partial charge on any atom is 0.327 e. The first-order valence-electron chi connectivity index (χ1n) is 10.1. The minimum atomic E-state index is -0.851. The Balaban J connectivity index is 1.72. The van der Waals surface area contributed by atoms with Crippen molar-refractivity contribution in [3.05, 3.63) is 53.6 Å². The molecule has 0 atom stereocenters. The molecule has 1 aliphatic rings. The molecule has 1 saturated heterocycles. The topological polar surface area (TPSA) is 71.3 Å². The summed E-state index contributed by atoms with van der Waals surface area (Å²) in [7, 11) is 1.65. The van der Waals surface area contributed by atoms with Crippen LogP contribution in [0.1, 0.15) is 45.7 Å². The molecule has 3 amide bonds. The number of aromatic nitrogens is 3. The molecular formula is C23H27N5O2. The first-order valence-corrected chi connectivity index (χ1v) is 10.1. The monoisotopic (exact) mass is 405 g/mol. The van der Waals surface area contributed by atoms with Crippen molar-refractivity contribution in [1.29, 1.82) is 0 Å². The number of nitrogens with zero attached hydrogens (tertiary/aromatic N) is 5. The zero-order valence-corrected chi connectivity index (χ0v) is 18.3. The van der Waals surface area contributed by atoms with E-state index in [9.17, 15) is 9.59 Å². The number of hydrogen-bond acceptors (Lipinski definition) is 4. The summed E-state index contributed by atoms with van der Waals surface area (Å²) < 4.78 is 0. The van der Waals surface area contributed by atoms with Gasteiger partial charge in [0, 0.05) is 12.6 Å². The lowest BCUT2D eigenvalue weighted by atomic mass is 9.87. The zero-order chi connectivity index (χ0) is 21.8. The fraction of sp³-hybridized carbons (Fsp3) is 0.391. The fourth-order valence-corrected chi connectivity index (χ4v) is 3.62. The van der Waals surface area contributed by atoms with Crippen molar-refractivity contribution in [3.63, 3.8) is 0 Å². The van der Waals surface area contributed by atoms with Gasteiger partial charge < -0.3 is 4.90 Å². The van der Waals surface area contributed by atoms with Crippen molar-refractivity contribution in [2.45, 2.75) is 52.1 Å². The average Bonchev–Trinajstić information content (AvgIpc) is 3.19. The lowest BCUT2D eigenvalue weighted by molar-refractivity contribution is -0.132. The van der Waals surface area contributed by atoms with Crippen molar-refractivity contribution < 1.29 is 9.59 Å². The van der Waals surface area contributed by atoms with Crippen LogP contribution in [0.3, 0.4) is 0 Å². The summed E-state index contributed by atoms with van der Waals surface area (Å²) in [6.07, 6.45) is 0. The van der Waals surface area contributed by atoms with Gasteiger partial charge in [-0.15, -0.1) is 10.2 Å². The maximum absolute atomic E-state index is 12.8. The molecule has 4 rings (SSSR count). The van der Waals surface area contributed by atoms with Gasteiger partial charge in [-0.05, 0) is 43.0 Å². The summed E-state index contributed by atoms with van der Waals surface area (Å²) in [5.41, 5.74) is 3.43. The molecular weight excluding hydrogens is 378 g/mol. The van der Waals surface area contributed by atoms with Crippen LogP contribution in [0.15, 0.2) is 42.5 Å². The molecule has 7 nitrogen and oxygen atoms in total. The Bertz CT molecular complexity index is 1160. The molecule has 2 aromatic carbocycles. The molecule has 0 N–H and O–H groups in total. The minimum absolute atomic E-state index is 0.0169. The first-order chi connectivity index (χ1) is 14.0. The number of rotatable bonds is 3. The highest BCUT2D eigenvalue weighted by Crippen LogP contribution is 2.29. The average molecular weight is 406 g/mol. The molecule has 7 heteroatoms. The second-order valence-electron chi connectivity index (χ2n) is 9.37. The molecule has 3 aromatic rings. The first kappa shape index (κ1) is 20.1. The van der Waals surface area contributed by atoms with Crippen LogP contribution >= 0.6 is 0 Å². The predicted molar refractivity (Wildman–Crippen MR) is 115 cm³/mol. The van der Waals surface area contributed by atoms with Gasteiger partial charge in [0.05, 0.1) is 12.2 Å². The van der Waals surface area contributed by atoms with E-state index in [1.165, 1.54) is 15.4 Å². The minimum Gasteiger partial charge on any atom is -0.313 e. The van der Waals surface area contributed by atoms with Gasteiger partial charge in [0.2, 0.25) is 0 Å². The standard InChI is InChI=1S/C23H27N5O2/c1-22(2,3)16-10-8-11-17(13-16)28-24-18-12-7-9-15(19(18)25-28)14-27-20(29)23(4,5)26(6)21(27)30/h7-13H,14H2,1-6H3. The SMILES string of the molecule is CN1C(=O)N(Cc2cccc3nn(-c4cccc(C(C)(C)C)c4)nc23)C(=O)C1(C)C. The number of hydrogen-bond donors (Lipinski definition) is 0. The van der Waals surface area contributed by atoms with Crippen LogP contribution in [0.4, 0.5) is 4.79 Å². The van der Waals surface area contributed by atoms with Crippen LogP contribution in [0, 0.1) is 0 Å². The molecule has 0 unspecified atom stereocenters. The summed E-state index contributed by atoms with van der Waals surface area (Å²) in [5.74, 6) is -0.211. The van der Waals surface area contributed by atoms with Gasteiger partial charge in [0.1, 0.15) is 16.6 Å². The summed E-state index contributed by atoms with van der Waals surface area (Å²) >= 11 is 0. The molecule has 1 aliphatic heterocycles. The number of carbonyl (C=O) groups excluding carboxylic acids is 2. The molecule has 0 aliphatic carbocycles. The molecule has 0 radical (unpaired) electrons. The zero-order valence-electron chi connectivity index (χ0n) is 18.3. The van der Waals surface area contributed by atoms with E-state index >= 15 is 0 Å². The van der Waals surface area contributed by atoms with Crippen molar-refractivity contribution in [2.75, 3.05) is 7.05 Å². The number of benzene rings is 2. The van der Waals surface area contributed by atoms with Gasteiger partial charge in [-0.25, -0.2) is 4.79 Å². The van der Waals surface area contributed by atoms with E-state index < -0.39 is 5.54 Å². The Labute approximate surface area is 176 Å². The van der Waals surface area contributed by atoms with Crippen LogP contribution in [0.25, 0.3) is 16.7 Å². The quantitative estimate of drug-likeness (QED) is 0.620. The second-order valence-corrected chi connectivity index (χ2v) is 9.37. The summed E-state index contributed by atoms with van der Waals surface area (Å²) in [6, 6.07) is 13.5. The predicted octanol–water partition coefficient (Wildman–Crippen LogP) is 3.89. The summed E-state index contributed by atoms with van der Waals surface area (Å²) in [5, 5.41) is 9.33. The third-order valence-corrected chi connectivity index (χ3v) is 5.89. The molecule has 1 fully saturated rings. The van der Waals surface area contributed by atoms with Gasteiger partial charge in [-0.2, -0.15) is 4.80 Å². The van der Waals surface area contributed by atoms with E-state index in [1.54, 1.807) is 25.7 Å². The number of likely N-dealkylation sites (N-methyl/N-ethyl adjacent to an activating group) is 1. The van der Waals surface area contributed by atoms with Crippen LogP contribution in [-0.4, -0.2) is 49.3 Å². The van der Waals surface area contributed by atoms with Crippen molar-refractivity contribution in [1.82, 2.24) is 24.8 Å². The third kappa shape index (κ3) is 3.14. The van der Waals surface area contributed by atoms with Crippen molar-refractivity contribution in [3.8, 4) is 5.69 Å². The highest BCUT2D eigenvalue weighted by molar-refractivity contribution is 6.06. The van der Waals surface area contributed by atoms with E-state index in [0.29, 0.717) is 5.52 Å². The number of imide groups is 1. The van der Waals surface area contributed by atoms with Crippen molar-refractivity contribution >= 4 is 23.0 Å². The second kappa shape index (κ2) is 6.65. The number of urea groups is 1. The number of carbonyl (C=O) groups is 2. The highest BCUT2D eigenvalue weighted by atomic mass is 16.2. The van der Waals surface area contributed by atoms with E-state index in [0.717, 1.165) is 16.8 Å². The van der Waals surface area contributed by atoms with Crippen LogP contribution in [0.5, 0.6) is 0 Å². The Morgan fingerprint density at radius 2 is 1.70 bits per heavy atom. The fourth-order valence-electron chi connectivity index (χ4n) is 3.62. The Kier molecular flexibility index (Phi) is 4.45. The molecule has 30 heavy (non-hydrogen) atoms. The van der Waals surface area contributed by atoms with Gasteiger partial charge in [0.15, 0.2) is 0 Å². The molecule has 2 heterocycles. The largest absolute Gasteiger partial charge is 0.327 e. The normalized spacial score (nSPS) is 16.7. The van der Waals surface area contributed by atoms with Crippen LogP contribution in [-0.2, 0) is 16.8 Å². The van der Waals surface area contributed by atoms with Gasteiger partial charge in [0.25, 0.3) is 5.91 Å². The van der Waals surface area contributed by atoms with Crippen LogP contribution < -0.4 is 0 Å². The molecule has 156 valence electrons. The van der Waals surface area contributed by atoms with E-state index in [2.05, 4.69) is 38.0 Å². The summed E-state index contributed by atoms with van der Waals surface area (Å²) in [6.45, 7) is 10.2. The molecule has 0 spiro atoms. The van der Waals surface area contributed by atoms with E-state index in [4.69, 9.17) is 5.10 Å². The number of fused-ring (bicyclic) bond motifs is 1. The Hall–Kier alpha value is -3.22. The summed E-state index contributed by atoms with van der Waals surface area (Å²) in [4.78, 5) is 29.8. The Morgan fingerprint density at radius 3 is 2.33 bits per heavy atom. The van der Waals surface area contributed by atoms with Gasteiger partial charge >= 0.3 is 6.03 Å². The molecule has 1 aromatic heterocycles. The van der Waals surface area contributed by atoms with Crippen LogP contribution in [0.2, 0.25) is 0 Å².